The number of anilines is 1. The number of esters is 1. The number of nitrogens with zero attached hydrogens (tertiary/aromatic N) is 4. The number of nitro benzene ring substituents is 1. The molecule has 1 N–H and O–H groups in total. The van der Waals surface area contributed by atoms with E-state index in [-0.39, 0.29) is 35.8 Å². The van der Waals surface area contributed by atoms with Gasteiger partial charge in [0.05, 0.1) is 25.2 Å². The minimum Gasteiger partial charge on any atom is -0.497 e. The molecule has 1 amide bonds. The Labute approximate surface area is 228 Å². The Bertz CT molecular complexity index is 1580. The fourth-order valence-electron chi connectivity index (χ4n) is 3.88. The van der Waals surface area contributed by atoms with Gasteiger partial charge in [0.25, 0.3) is 11.6 Å². The van der Waals surface area contributed by atoms with Gasteiger partial charge in [0.1, 0.15) is 17.0 Å². The van der Waals surface area contributed by atoms with Gasteiger partial charge in [-0.1, -0.05) is 35.0 Å². The van der Waals surface area contributed by atoms with Crippen molar-refractivity contribution in [3.05, 3.63) is 110 Å². The van der Waals surface area contributed by atoms with Crippen LogP contribution in [-0.2, 0) is 11.3 Å². The van der Waals surface area contributed by atoms with Gasteiger partial charge in [-0.05, 0) is 55.8 Å². The molecule has 0 spiro atoms. The Morgan fingerprint density at radius 2 is 1.73 bits per heavy atom. The lowest BCUT2D eigenvalue weighted by atomic mass is 10.0. The number of benzene rings is 3. The minimum atomic E-state index is -0.892. The van der Waals surface area contributed by atoms with Crippen LogP contribution in [0.25, 0.3) is 0 Å². The number of hydrogen-bond acceptors (Lipinski definition) is 9. The van der Waals surface area contributed by atoms with E-state index in [0.717, 1.165) is 11.6 Å². The lowest BCUT2D eigenvalue weighted by molar-refractivity contribution is -0.385. The molecule has 0 aliphatic rings. The summed E-state index contributed by atoms with van der Waals surface area (Å²) in [5.41, 5.74) is 0.628. The molecule has 204 valence electrons. The smallest absolute Gasteiger partial charge is 0.361 e. The van der Waals surface area contributed by atoms with E-state index in [9.17, 15) is 24.5 Å². The molecule has 0 radical (unpaired) electrons. The number of methoxy groups -OCH3 is 1. The number of amides is 1. The molecule has 4 rings (SSSR count). The lowest BCUT2D eigenvalue weighted by Crippen LogP contribution is -2.18. The van der Waals surface area contributed by atoms with Crippen molar-refractivity contribution < 1.29 is 28.8 Å². The first-order valence-corrected chi connectivity index (χ1v) is 12.2. The third kappa shape index (κ3) is 6.01. The Kier molecular flexibility index (Phi) is 8.28. The average molecular weight is 544 g/mol. The van der Waals surface area contributed by atoms with E-state index in [2.05, 4.69) is 15.6 Å². The zero-order valence-electron chi connectivity index (χ0n) is 21.9. The topological polar surface area (TPSA) is 156 Å². The summed E-state index contributed by atoms with van der Waals surface area (Å²) in [5.74, 6) is -1.60. The number of ether oxygens (including phenoxy) is 2. The molecule has 12 nitrogen and oxygen atoms in total. The Balaban J connectivity index is 1.71. The Hall–Kier alpha value is -5.39. The Morgan fingerprint density at radius 1 is 1.02 bits per heavy atom. The SMILES string of the molecule is CCOC(=O)c1nnn(Cc2ccc(OC)cc2)c1C(=O)c1ccc(NC(=O)c2ccc(C)cc2)cc1[N+](=O)[O-]. The van der Waals surface area contributed by atoms with Crippen molar-refractivity contribution in [1.29, 1.82) is 0 Å². The standard InChI is InChI=1S/C28H25N5O7/c1-4-40-28(36)24-25(32(31-30-24)16-18-7-12-21(39-3)13-8-18)26(34)22-14-11-20(15-23(22)33(37)38)29-27(35)19-9-5-17(2)6-10-19/h5-15H,4,16H2,1-3H3,(H,29,35). The molecule has 0 saturated carbocycles. The van der Waals surface area contributed by atoms with Gasteiger partial charge in [-0.3, -0.25) is 19.7 Å². The van der Waals surface area contributed by atoms with Crippen molar-refractivity contribution in [2.75, 3.05) is 19.0 Å². The van der Waals surface area contributed by atoms with E-state index in [1.807, 2.05) is 6.92 Å². The molecule has 3 aromatic carbocycles. The molecular weight excluding hydrogens is 518 g/mol. The first-order valence-electron chi connectivity index (χ1n) is 12.2. The summed E-state index contributed by atoms with van der Waals surface area (Å²) in [6.45, 7) is 3.53. The summed E-state index contributed by atoms with van der Waals surface area (Å²) in [4.78, 5) is 50.2. The fraction of sp³-hybridized carbons (Fsp3) is 0.179. The maximum Gasteiger partial charge on any atom is 0.361 e. The molecule has 1 heterocycles. The zero-order chi connectivity index (χ0) is 28.8. The van der Waals surface area contributed by atoms with Crippen molar-refractivity contribution in [1.82, 2.24) is 15.0 Å². The first-order chi connectivity index (χ1) is 19.2. The van der Waals surface area contributed by atoms with E-state index < -0.39 is 28.3 Å². The van der Waals surface area contributed by atoms with Gasteiger partial charge in [-0.2, -0.15) is 0 Å². The summed E-state index contributed by atoms with van der Waals surface area (Å²) in [5, 5.41) is 22.4. The number of rotatable bonds is 10. The van der Waals surface area contributed by atoms with Crippen molar-refractivity contribution in [3.63, 3.8) is 0 Å². The van der Waals surface area contributed by atoms with E-state index in [4.69, 9.17) is 9.47 Å². The quantitative estimate of drug-likeness (QED) is 0.134. The predicted molar refractivity (Wildman–Crippen MR) is 144 cm³/mol. The van der Waals surface area contributed by atoms with Crippen molar-refractivity contribution in [2.24, 2.45) is 0 Å². The average Bonchev–Trinajstić information content (AvgIpc) is 3.37. The summed E-state index contributed by atoms with van der Waals surface area (Å²) in [6.07, 6.45) is 0. The second kappa shape index (κ2) is 12.0. The van der Waals surface area contributed by atoms with Gasteiger partial charge in [-0.15, -0.1) is 5.10 Å². The number of ketones is 1. The monoisotopic (exact) mass is 543 g/mol. The van der Waals surface area contributed by atoms with Crippen LogP contribution in [0.4, 0.5) is 11.4 Å². The fourth-order valence-corrected chi connectivity index (χ4v) is 3.88. The molecule has 0 aliphatic heterocycles. The van der Waals surface area contributed by atoms with Gasteiger partial charge < -0.3 is 14.8 Å². The number of aryl methyl sites for hydroxylation is 1. The first kappa shape index (κ1) is 27.6. The highest BCUT2D eigenvalue weighted by Crippen LogP contribution is 2.27. The highest BCUT2D eigenvalue weighted by molar-refractivity contribution is 6.15. The maximum absolute atomic E-state index is 13.7. The van der Waals surface area contributed by atoms with Crippen molar-refractivity contribution in [2.45, 2.75) is 20.4 Å². The molecule has 0 atom stereocenters. The zero-order valence-corrected chi connectivity index (χ0v) is 21.9. The number of carbonyl (C=O) groups is 3. The van der Waals surface area contributed by atoms with Gasteiger partial charge >= 0.3 is 5.97 Å². The van der Waals surface area contributed by atoms with Crippen LogP contribution in [0.15, 0.2) is 66.7 Å². The van der Waals surface area contributed by atoms with Crippen molar-refractivity contribution in [3.8, 4) is 5.75 Å². The molecule has 40 heavy (non-hydrogen) atoms. The highest BCUT2D eigenvalue weighted by Gasteiger charge is 2.31. The third-order valence-corrected chi connectivity index (χ3v) is 5.92. The lowest BCUT2D eigenvalue weighted by Gasteiger charge is -2.10. The van der Waals surface area contributed by atoms with Gasteiger partial charge in [0.2, 0.25) is 11.5 Å². The van der Waals surface area contributed by atoms with Gasteiger partial charge in [0, 0.05) is 17.3 Å². The highest BCUT2D eigenvalue weighted by atomic mass is 16.6. The molecule has 0 fully saturated rings. The van der Waals surface area contributed by atoms with Gasteiger partial charge in [0.15, 0.2) is 0 Å². The molecule has 4 aromatic rings. The van der Waals surface area contributed by atoms with E-state index >= 15 is 0 Å². The third-order valence-electron chi connectivity index (χ3n) is 5.92. The largest absolute Gasteiger partial charge is 0.497 e. The number of hydrogen-bond donors (Lipinski definition) is 1. The molecular formula is C28H25N5O7. The van der Waals surface area contributed by atoms with Crippen LogP contribution in [0.5, 0.6) is 5.75 Å². The van der Waals surface area contributed by atoms with Crippen LogP contribution in [-0.4, -0.2) is 51.3 Å². The van der Waals surface area contributed by atoms with Crippen LogP contribution >= 0.6 is 0 Å². The molecule has 0 bridgehead atoms. The van der Waals surface area contributed by atoms with Crippen molar-refractivity contribution >= 4 is 29.0 Å². The van der Waals surface area contributed by atoms with Crippen LogP contribution < -0.4 is 10.1 Å². The van der Waals surface area contributed by atoms with Gasteiger partial charge in [-0.25, -0.2) is 9.48 Å². The molecule has 0 unspecified atom stereocenters. The van der Waals surface area contributed by atoms with Crippen LogP contribution in [0, 0.1) is 17.0 Å². The van der Waals surface area contributed by atoms with E-state index in [1.165, 1.54) is 23.9 Å². The number of carbonyl (C=O) groups excluding carboxylic acids is 3. The Morgan fingerprint density at radius 3 is 2.35 bits per heavy atom. The molecule has 1 aromatic heterocycles. The molecule has 0 saturated heterocycles. The molecule has 12 heteroatoms. The maximum atomic E-state index is 13.7. The second-order valence-electron chi connectivity index (χ2n) is 8.65. The summed E-state index contributed by atoms with van der Waals surface area (Å²) < 4.78 is 11.4. The number of aromatic nitrogens is 3. The molecule has 0 aliphatic carbocycles. The number of nitro groups is 1. The summed E-state index contributed by atoms with van der Waals surface area (Å²) >= 11 is 0. The summed E-state index contributed by atoms with van der Waals surface area (Å²) in [7, 11) is 1.53. The van der Waals surface area contributed by atoms with Crippen LogP contribution in [0.1, 0.15) is 54.9 Å². The van der Waals surface area contributed by atoms with E-state index in [1.54, 1.807) is 55.5 Å². The normalized spacial score (nSPS) is 10.6. The predicted octanol–water partition coefficient (Wildman–Crippen LogP) is 4.21. The second-order valence-corrected chi connectivity index (χ2v) is 8.65. The minimum absolute atomic E-state index is 0.0212. The van der Waals surface area contributed by atoms with E-state index in [0.29, 0.717) is 16.9 Å². The summed E-state index contributed by atoms with van der Waals surface area (Å²) in [6, 6.07) is 17.4. The van der Waals surface area contributed by atoms with Crippen LogP contribution in [0.3, 0.4) is 0 Å². The number of nitrogens with one attached hydrogen (secondary N) is 1. The van der Waals surface area contributed by atoms with Crippen LogP contribution in [0.2, 0.25) is 0 Å².